The molecule has 0 bridgehead atoms. The van der Waals surface area contributed by atoms with Crippen molar-refractivity contribution in [3.05, 3.63) is 24.2 Å². The lowest BCUT2D eigenvalue weighted by atomic mass is 9.82. The Balaban J connectivity index is 2.22. The van der Waals surface area contributed by atoms with Crippen molar-refractivity contribution in [2.75, 3.05) is 6.54 Å². The Morgan fingerprint density at radius 2 is 2.29 bits per heavy atom. The third-order valence-electron chi connectivity index (χ3n) is 3.12. The van der Waals surface area contributed by atoms with Crippen molar-refractivity contribution in [2.24, 2.45) is 5.92 Å². The highest BCUT2D eigenvalue weighted by atomic mass is 16.3. The first kappa shape index (κ1) is 9.74. The molecule has 0 aromatic carbocycles. The summed E-state index contributed by atoms with van der Waals surface area (Å²) in [4.78, 5) is 0. The highest BCUT2D eigenvalue weighted by molar-refractivity contribution is 5.12. The van der Waals surface area contributed by atoms with Crippen molar-refractivity contribution in [1.82, 2.24) is 5.32 Å². The number of aliphatic hydroxyl groups excluding tert-OH is 1. The number of aliphatic hydroxyl groups is 1. The molecular weight excluding hydrogens is 178 g/mol. The zero-order valence-corrected chi connectivity index (χ0v) is 8.60. The van der Waals surface area contributed by atoms with E-state index < -0.39 is 0 Å². The molecule has 0 spiro atoms. The van der Waals surface area contributed by atoms with Crippen LogP contribution in [0.25, 0.3) is 0 Å². The second-order valence-electron chi connectivity index (χ2n) is 4.21. The van der Waals surface area contributed by atoms with Gasteiger partial charge in [-0.25, -0.2) is 0 Å². The molecule has 1 aromatic heterocycles. The van der Waals surface area contributed by atoms with E-state index in [4.69, 9.17) is 4.42 Å². The zero-order chi connectivity index (χ0) is 10.1. The van der Waals surface area contributed by atoms with Crippen molar-refractivity contribution >= 4 is 0 Å². The first-order chi connectivity index (χ1) is 6.70. The van der Waals surface area contributed by atoms with E-state index in [1.165, 1.54) is 0 Å². The van der Waals surface area contributed by atoms with Crippen LogP contribution in [-0.2, 0) is 0 Å². The number of piperidine rings is 1. The molecule has 78 valence electrons. The largest absolute Gasteiger partial charge is 0.469 e. The lowest BCUT2D eigenvalue weighted by Crippen LogP contribution is -2.50. The lowest BCUT2D eigenvalue weighted by Gasteiger charge is -2.37. The van der Waals surface area contributed by atoms with Gasteiger partial charge in [-0.3, -0.25) is 0 Å². The van der Waals surface area contributed by atoms with Crippen LogP contribution in [0.3, 0.4) is 0 Å². The molecule has 2 rings (SSSR count). The molecule has 14 heavy (non-hydrogen) atoms. The Hall–Kier alpha value is -0.800. The average Bonchev–Trinajstić information content (AvgIpc) is 2.65. The average molecular weight is 195 g/mol. The quantitative estimate of drug-likeness (QED) is 0.711. The molecular formula is C11H17NO2. The Morgan fingerprint density at radius 3 is 2.93 bits per heavy atom. The van der Waals surface area contributed by atoms with Gasteiger partial charge in [0.25, 0.3) is 0 Å². The Kier molecular flexibility index (Phi) is 2.61. The van der Waals surface area contributed by atoms with Gasteiger partial charge in [0.2, 0.25) is 0 Å². The minimum atomic E-state index is -0.308. The second kappa shape index (κ2) is 3.75. The number of furan rings is 1. The predicted molar refractivity (Wildman–Crippen MR) is 54.1 cm³/mol. The molecule has 3 heteroatoms. The summed E-state index contributed by atoms with van der Waals surface area (Å²) in [7, 11) is 0. The number of nitrogens with one attached hydrogen (secondary N) is 1. The minimum absolute atomic E-state index is 0.0775. The van der Waals surface area contributed by atoms with Gasteiger partial charge in [-0.05, 0) is 25.0 Å². The van der Waals surface area contributed by atoms with Crippen molar-refractivity contribution in [2.45, 2.75) is 31.9 Å². The normalized spacial score (nSPS) is 38.5. The maximum absolute atomic E-state index is 10.1. The molecule has 2 N–H and O–H groups in total. The maximum Gasteiger partial charge on any atom is 0.110 e. The topological polar surface area (TPSA) is 45.4 Å². The fraction of sp³-hybridized carbons (Fsp3) is 0.636. The van der Waals surface area contributed by atoms with E-state index in [1.54, 1.807) is 6.26 Å². The molecule has 2 heterocycles. The van der Waals surface area contributed by atoms with Gasteiger partial charge in [0.15, 0.2) is 0 Å². The fourth-order valence-corrected chi connectivity index (χ4v) is 2.16. The summed E-state index contributed by atoms with van der Waals surface area (Å²) in [6.45, 7) is 5.02. The van der Waals surface area contributed by atoms with Crippen LogP contribution < -0.4 is 5.32 Å². The van der Waals surface area contributed by atoms with Crippen LogP contribution in [0.1, 0.15) is 25.5 Å². The van der Waals surface area contributed by atoms with Gasteiger partial charge in [0.1, 0.15) is 5.76 Å². The molecule has 0 radical (unpaired) electrons. The van der Waals surface area contributed by atoms with Gasteiger partial charge in [-0.2, -0.15) is 0 Å². The smallest absolute Gasteiger partial charge is 0.110 e. The van der Waals surface area contributed by atoms with Crippen LogP contribution in [0.4, 0.5) is 0 Å². The van der Waals surface area contributed by atoms with E-state index in [2.05, 4.69) is 19.2 Å². The van der Waals surface area contributed by atoms with Crippen LogP contribution in [0, 0.1) is 5.92 Å². The molecule has 1 fully saturated rings. The molecule has 0 amide bonds. The highest BCUT2D eigenvalue weighted by Gasteiger charge is 2.36. The minimum Gasteiger partial charge on any atom is -0.469 e. The molecule has 0 aliphatic carbocycles. The van der Waals surface area contributed by atoms with Crippen molar-refractivity contribution in [3.8, 4) is 0 Å². The number of hydrogen-bond acceptors (Lipinski definition) is 3. The van der Waals surface area contributed by atoms with Crippen LogP contribution in [0.5, 0.6) is 0 Å². The number of hydrogen-bond donors (Lipinski definition) is 2. The van der Waals surface area contributed by atoms with Crippen molar-refractivity contribution in [1.29, 1.82) is 0 Å². The maximum atomic E-state index is 10.1. The third kappa shape index (κ3) is 1.57. The molecule has 4 atom stereocenters. The molecule has 3 nitrogen and oxygen atoms in total. The fourth-order valence-electron chi connectivity index (χ4n) is 2.16. The molecule has 0 saturated carbocycles. The first-order valence-corrected chi connectivity index (χ1v) is 5.15. The molecule has 1 aliphatic heterocycles. The molecule has 1 saturated heterocycles. The number of rotatable bonds is 1. The van der Waals surface area contributed by atoms with Crippen LogP contribution >= 0.6 is 0 Å². The molecule has 4 unspecified atom stereocenters. The van der Waals surface area contributed by atoms with Crippen LogP contribution in [0.2, 0.25) is 0 Å². The lowest BCUT2D eigenvalue weighted by molar-refractivity contribution is 0.0413. The van der Waals surface area contributed by atoms with E-state index in [-0.39, 0.29) is 24.0 Å². The molecule has 1 aromatic rings. The summed E-state index contributed by atoms with van der Waals surface area (Å²) in [5.41, 5.74) is 0. The first-order valence-electron chi connectivity index (χ1n) is 5.15. The van der Waals surface area contributed by atoms with Gasteiger partial charge in [-0.15, -0.1) is 0 Å². The van der Waals surface area contributed by atoms with Gasteiger partial charge < -0.3 is 14.8 Å². The summed E-state index contributed by atoms with van der Waals surface area (Å²) in [6, 6.07) is 4.07. The standard InChI is InChI=1S/C11H17NO2/c1-7-6-12-8(2)10(11(7)13)9-4-3-5-14-9/h3-5,7-8,10-13H,6H2,1-2H3. The van der Waals surface area contributed by atoms with E-state index >= 15 is 0 Å². The zero-order valence-electron chi connectivity index (χ0n) is 8.60. The summed E-state index contributed by atoms with van der Waals surface area (Å²) < 4.78 is 5.36. The van der Waals surface area contributed by atoms with Crippen molar-refractivity contribution in [3.63, 3.8) is 0 Å². The van der Waals surface area contributed by atoms with Crippen molar-refractivity contribution < 1.29 is 9.52 Å². The third-order valence-corrected chi connectivity index (χ3v) is 3.12. The SMILES string of the molecule is CC1CNC(C)C(c2ccco2)C1O. The van der Waals surface area contributed by atoms with E-state index in [9.17, 15) is 5.11 Å². The Bertz CT molecular complexity index is 283. The summed E-state index contributed by atoms with van der Waals surface area (Å²) in [6.07, 6.45) is 1.35. The summed E-state index contributed by atoms with van der Waals surface area (Å²) in [5.74, 6) is 1.24. The molecule has 1 aliphatic rings. The van der Waals surface area contributed by atoms with Crippen LogP contribution in [0.15, 0.2) is 22.8 Å². The highest BCUT2D eigenvalue weighted by Crippen LogP contribution is 2.31. The van der Waals surface area contributed by atoms with E-state index in [1.807, 2.05) is 12.1 Å². The predicted octanol–water partition coefficient (Wildman–Crippen LogP) is 1.35. The van der Waals surface area contributed by atoms with E-state index in [0.717, 1.165) is 12.3 Å². The van der Waals surface area contributed by atoms with Crippen LogP contribution in [-0.4, -0.2) is 23.8 Å². The van der Waals surface area contributed by atoms with Gasteiger partial charge in [0.05, 0.1) is 18.3 Å². The van der Waals surface area contributed by atoms with Gasteiger partial charge >= 0.3 is 0 Å². The monoisotopic (exact) mass is 195 g/mol. The summed E-state index contributed by atoms with van der Waals surface area (Å²) >= 11 is 0. The van der Waals surface area contributed by atoms with Gasteiger partial charge in [0, 0.05) is 12.6 Å². The van der Waals surface area contributed by atoms with E-state index in [0.29, 0.717) is 0 Å². The van der Waals surface area contributed by atoms with Gasteiger partial charge in [-0.1, -0.05) is 6.92 Å². The Labute approximate surface area is 84.1 Å². The summed E-state index contributed by atoms with van der Waals surface area (Å²) in [5, 5.41) is 13.5. The Morgan fingerprint density at radius 1 is 1.50 bits per heavy atom. The second-order valence-corrected chi connectivity index (χ2v) is 4.21.